The SMILES string of the molecule is CC(Nc1nccc2ccnc(Oc3cccc(F)c3)c12)c1ccc(N(C)S)cc1. The van der Waals surface area contributed by atoms with E-state index in [1.165, 1.54) is 12.1 Å². The molecule has 0 radical (unpaired) electrons. The number of fused-ring (bicyclic) bond motifs is 1. The molecule has 4 rings (SSSR count). The van der Waals surface area contributed by atoms with Crippen molar-refractivity contribution in [1.82, 2.24) is 9.97 Å². The molecule has 0 aliphatic carbocycles. The predicted molar refractivity (Wildman–Crippen MR) is 122 cm³/mol. The summed E-state index contributed by atoms with van der Waals surface area (Å²) in [4.78, 5) is 8.88. The number of thiol groups is 1. The normalized spacial score (nSPS) is 11.9. The Balaban J connectivity index is 1.67. The summed E-state index contributed by atoms with van der Waals surface area (Å²) >= 11 is 4.32. The number of aromatic nitrogens is 2. The van der Waals surface area contributed by atoms with E-state index in [2.05, 4.69) is 35.0 Å². The monoisotopic (exact) mass is 420 g/mol. The van der Waals surface area contributed by atoms with Gasteiger partial charge in [-0.25, -0.2) is 14.4 Å². The molecule has 0 aliphatic rings. The van der Waals surface area contributed by atoms with E-state index in [1.807, 2.05) is 43.4 Å². The molecule has 30 heavy (non-hydrogen) atoms. The van der Waals surface area contributed by atoms with Crippen LogP contribution in [0.4, 0.5) is 15.9 Å². The molecule has 0 amide bonds. The second kappa shape index (κ2) is 8.59. The first-order chi connectivity index (χ1) is 14.5. The third kappa shape index (κ3) is 4.31. The van der Waals surface area contributed by atoms with Crippen molar-refractivity contribution in [3.63, 3.8) is 0 Å². The minimum atomic E-state index is -0.367. The van der Waals surface area contributed by atoms with Crippen molar-refractivity contribution in [2.75, 3.05) is 16.7 Å². The fourth-order valence-corrected chi connectivity index (χ4v) is 3.32. The highest BCUT2D eigenvalue weighted by Gasteiger charge is 2.14. The first-order valence-electron chi connectivity index (χ1n) is 9.47. The molecule has 0 bridgehead atoms. The van der Waals surface area contributed by atoms with Crippen LogP contribution in [0.5, 0.6) is 11.6 Å². The second-order valence-electron chi connectivity index (χ2n) is 6.91. The number of hydrogen-bond donors (Lipinski definition) is 2. The van der Waals surface area contributed by atoms with Crippen LogP contribution in [-0.4, -0.2) is 17.0 Å². The largest absolute Gasteiger partial charge is 0.438 e. The van der Waals surface area contributed by atoms with E-state index < -0.39 is 0 Å². The van der Waals surface area contributed by atoms with Crippen LogP contribution < -0.4 is 14.4 Å². The number of hydrogen-bond acceptors (Lipinski definition) is 6. The standard InChI is InChI=1S/C23H21FN4OS/c1-15(16-6-8-19(9-7-16)28(2)30)27-22-21-17(10-12-25-22)11-13-26-23(21)29-20-5-3-4-18(24)14-20/h3-15,30H,1-2H3,(H,25,27). The van der Waals surface area contributed by atoms with Crippen LogP contribution in [0.25, 0.3) is 10.8 Å². The number of ether oxygens (including phenoxy) is 1. The van der Waals surface area contributed by atoms with Gasteiger partial charge in [-0.2, -0.15) is 0 Å². The van der Waals surface area contributed by atoms with Gasteiger partial charge in [0, 0.05) is 37.2 Å². The molecule has 7 heteroatoms. The minimum Gasteiger partial charge on any atom is -0.438 e. The lowest BCUT2D eigenvalue weighted by atomic mass is 10.1. The smallest absolute Gasteiger partial charge is 0.230 e. The zero-order valence-electron chi connectivity index (χ0n) is 16.6. The molecular formula is C23H21FN4OS. The van der Waals surface area contributed by atoms with Crippen molar-refractivity contribution in [2.45, 2.75) is 13.0 Å². The molecule has 4 aromatic rings. The summed E-state index contributed by atoms with van der Waals surface area (Å²) in [5, 5.41) is 5.11. The lowest BCUT2D eigenvalue weighted by Crippen LogP contribution is -2.09. The third-order valence-electron chi connectivity index (χ3n) is 4.77. The highest BCUT2D eigenvalue weighted by Crippen LogP contribution is 2.34. The number of nitrogens with zero attached hydrogens (tertiary/aromatic N) is 3. The Labute approximate surface area is 180 Å². The van der Waals surface area contributed by atoms with Gasteiger partial charge in [0.25, 0.3) is 0 Å². The molecule has 0 aliphatic heterocycles. The van der Waals surface area contributed by atoms with E-state index in [4.69, 9.17) is 4.74 Å². The van der Waals surface area contributed by atoms with Crippen molar-refractivity contribution < 1.29 is 9.13 Å². The van der Waals surface area contributed by atoms with E-state index in [1.54, 1.807) is 28.8 Å². The van der Waals surface area contributed by atoms with Crippen LogP contribution in [0.15, 0.2) is 73.1 Å². The fraction of sp³-hybridized carbons (Fsp3) is 0.130. The molecule has 2 heterocycles. The number of pyridine rings is 2. The third-order valence-corrected chi connectivity index (χ3v) is 5.00. The Hall–Kier alpha value is -3.32. The molecule has 1 atom stereocenters. The van der Waals surface area contributed by atoms with Gasteiger partial charge in [0.15, 0.2) is 0 Å². The average Bonchev–Trinajstić information content (AvgIpc) is 2.74. The Kier molecular flexibility index (Phi) is 5.72. The van der Waals surface area contributed by atoms with Crippen LogP contribution >= 0.6 is 12.8 Å². The van der Waals surface area contributed by atoms with Crippen LogP contribution in [-0.2, 0) is 0 Å². The number of nitrogens with one attached hydrogen (secondary N) is 1. The van der Waals surface area contributed by atoms with E-state index in [0.717, 1.165) is 22.0 Å². The number of benzene rings is 2. The summed E-state index contributed by atoms with van der Waals surface area (Å²) in [5.41, 5.74) is 2.11. The summed E-state index contributed by atoms with van der Waals surface area (Å²) in [7, 11) is 1.88. The van der Waals surface area contributed by atoms with Crippen LogP contribution in [0.2, 0.25) is 0 Å². The van der Waals surface area contributed by atoms with Gasteiger partial charge in [-0.3, -0.25) is 0 Å². The molecule has 5 nitrogen and oxygen atoms in total. The molecule has 0 saturated carbocycles. The molecule has 2 aromatic heterocycles. The fourth-order valence-electron chi connectivity index (χ4n) is 3.19. The van der Waals surface area contributed by atoms with Crippen LogP contribution in [0.3, 0.4) is 0 Å². The lowest BCUT2D eigenvalue weighted by Gasteiger charge is -2.18. The van der Waals surface area contributed by atoms with E-state index >= 15 is 0 Å². The Morgan fingerprint density at radius 1 is 1.03 bits per heavy atom. The lowest BCUT2D eigenvalue weighted by molar-refractivity contribution is 0.464. The van der Waals surface area contributed by atoms with E-state index in [9.17, 15) is 4.39 Å². The Morgan fingerprint density at radius 2 is 1.77 bits per heavy atom. The Bertz CT molecular complexity index is 1160. The maximum atomic E-state index is 13.6. The molecule has 0 saturated heterocycles. The topological polar surface area (TPSA) is 50.3 Å². The van der Waals surface area contributed by atoms with Crippen molar-refractivity contribution >= 4 is 35.1 Å². The van der Waals surface area contributed by atoms with Crippen molar-refractivity contribution in [2.24, 2.45) is 0 Å². The first-order valence-corrected chi connectivity index (χ1v) is 9.87. The molecule has 1 N–H and O–H groups in total. The molecule has 0 spiro atoms. The average molecular weight is 421 g/mol. The Morgan fingerprint density at radius 3 is 2.47 bits per heavy atom. The zero-order valence-corrected chi connectivity index (χ0v) is 17.5. The van der Waals surface area contributed by atoms with Gasteiger partial charge in [-0.1, -0.05) is 31.0 Å². The summed E-state index contributed by atoms with van der Waals surface area (Å²) < 4.78 is 21.2. The van der Waals surface area contributed by atoms with Gasteiger partial charge in [-0.15, -0.1) is 0 Å². The minimum absolute atomic E-state index is 0.00963. The second-order valence-corrected chi connectivity index (χ2v) is 7.51. The van der Waals surface area contributed by atoms with Crippen molar-refractivity contribution in [3.8, 4) is 11.6 Å². The van der Waals surface area contributed by atoms with Gasteiger partial charge >= 0.3 is 0 Å². The first kappa shape index (κ1) is 20.0. The molecular weight excluding hydrogens is 399 g/mol. The maximum Gasteiger partial charge on any atom is 0.230 e. The summed E-state index contributed by atoms with van der Waals surface area (Å²) in [5.74, 6) is 1.03. The van der Waals surface area contributed by atoms with E-state index in [0.29, 0.717) is 17.4 Å². The summed E-state index contributed by atoms with van der Waals surface area (Å²) in [6.07, 6.45) is 3.40. The molecule has 0 fully saturated rings. The molecule has 1 unspecified atom stereocenters. The highest BCUT2D eigenvalue weighted by atomic mass is 32.1. The van der Waals surface area contributed by atoms with Gasteiger partial charge in [-0.05, 0) is 54.3 Å². The molecule has 152 valence electrons. The number of anilines is 2. The summed E-state index contributed by atoms with van der Waals surface area (Å²) in [6.45, 7) is 2.06. The van der Waals surface area contributed by atoms with Gasteiger partial charge < -0.3 is 14.4 Å². The van der Waals surface area contributed by atoms with Crippen molar-refractivity contribution in [1.29, 1.82) is 0 Å². The summed E-state index contributed by atoms with van der Waals surface area (Å²) in [6, 6.07) is 17.9. The van der Waals surface area contributed by atoms with Gasteiger partial charge in [0.2, 0.25) is 5.88 Å². The van der Waals surface area contributed by atoms with Crippen LogP contribution in [0, 0.1) is 5.82 Å². The zero-order chi connectivity index (χ0) is 21.1. The van der Waals surface area contributed by atoms with E-state index in [-0.39, 0.29) is 11.9 Å². The van der Waals surface area contributed by atoms with Gasteiger partial charge in [0.05, 0.1) is 5.39 Å². The highest BCUT2D eigenvalue weighted by molar-refractivity contribution is 7.81. The maximum absolute atomic E-state index is 13.6. The van der Waals surface area contributed by atoms with Crippen LogP contribution in [0.1, 0.15) is 18.5 Å². The molecule has 2 aromatic carbocycles. The quantitative estimate of drug-likeness (QED) is 0.374. The van der Waals surface area contributed by atoms with Crippen molar-refractivity contribution in [3.05, 3.63) is 84.4 Å². The van der Waals surface area contributed by atoms with Gasteiger partial charge in [0.1, 0.15) is 17.4 Å². The predicted octanol–water partition coefficient (Wildman–Crippen LogP) is 6.02. The number of halogens is 1. The number of rotatable bonds is 6.